The van der Waals surface area contributed by atoms with Gasteiger partial charge in [-0.2, -0.15) is 0 Å². The maximum absolute atomic E-state index is 6.53. The first-order valence-corrected chi connectivity index (χ1v) is 11.2. The SMILES string of the molecule is CC(C)C1N=CC(N2CCC2)=C(N)N1O[Si](C)(C)C(C)(C)C. The average Bonchev–Trinajstić information content (AvgIpc) is 2.29. The molecule has 2 aliphatic heterocycles. The Bertz CT molecular complexity index is 475. The molecule has 5 nitrogen and oxygen atoms in total. The van der Waals surface area contributed by atoms with Crippen LogP contribution in [0, 0.1) is 5.92 Å². The van der Waals surface area contributed by atoms with Gasteiger partial charge in [-0.1, -0.05) is 34.6 Å². The Morgan fingerprint density at radius 3 is 2.32 bits per heavy atom. The normalized spacial score (nSPS) is 23.4. The van der Waals surface area contributed by atoms with Crippen molar-refractivity contribution in [2.75, 3.05) is 13.1 Å². The highest BCUT2D eigenvalue weighted by atomic mass is 28.4. The molecule has 0 aromatic carbocycles. The number of hydrogen-bond acceptors (Lipinski definition) is 5. The van der Waals surface area contributed by atoms with Crippen LogP contribution >= 0.6 is 0 Å². The van der Waals surface area contributed by atoms with E-state index in [4.69, 9.17) is 15.3 Å². The predicted octanol–water partition coefficient (Wildman–Crippen LogP) is 3.13. The molecule has 2 rings (SSSR count). The van der Waals surface area contributed by atoms with Crippen LogP contribution in [0.15, 0.2) is 16.5 Å². The summed E-state index contributed by atoms with van der Waals surface area (Å²) in [6.45, 7) is 17.7. The molecule has 0 aliphatic carbocycles. The molecular formula is C16H32N4OSi. The van der Waals surface area contributed by atoms with Crippen LogP contribution in [0.25, 0.3) is 0 Å². The van der Waals surface area contributed by atoms with Crippen LogP contribution in [-0.4, -0.2) is 43.8 Å². The van der Waals surface area contributed by atoms with Crippen LogP contribution in [-0.2, 0) is 4.53 Å². The fourth-order valence-corrected chi connectivity index (χ4v) is 3.23. The van der Waals surface area contributed by atoms with Gasteiger partial charge in [-0.15, -0.1) is 0 Å². The highest BCUT2D eigenvalue weighted by Gasteiger charge is 2.43. The van der Waals surface area contributed by atoms with Gasteiger partial charge in [0, 0.05) is 13.1 Å². The first kappa shape index (κ1) is 17.3. The third-order valence-corrected chi connectivity index (χ3v) is 9.28. The van der Waals surface area contributed by atoms with Crippen molar-refractivity contribution in [3.05, 3.63) is 11.5 Å². The molecule has 0 amide bonds. The summed E-state index contributed by atoms with van der Waals surface area (Å²) in [7, 11) is -1.96. The number of hydrogen-bond donors (Lipinski definition) is 1. The number of rotatable bonds is 4. The Kier molecular flexibility index (Phi) is 4.64. The number of aliphatic imine (C=N–C) groups is 1. The number of nitrogens with zero attached hydrogens (tertiary/aromatic N) is 3. The van der Waals surface area contributed by atoms with E-state index >= 15 is 0 Å². The molecule has 0 aromatic rings. The molecule has 0 aromatic heterocycles. The summed E-state index contributed by atoms with van der Waals surface area (Å²) in [5, 5.41) is 2.03. The maximum atomic E-state index is 6.53. The van der Waals surface area contributed by atoms with Crippen molar-refractivity contribution in [1.29, 1.82) is 0 Å². The van der Waals surface area contributed by atoms with Crippen LogP contribution in [0.5, 0.6) is 0 Å². The minimum absolute atomic E-state index is 0.0425. The molecule has 1 unspecified atom stereocenters. The van der Waals surface area contributed by atoms with E-state index < -0.39 is 8.32 Å². The monoisotopic (exact) mass is 324 g/mol. The lowest BCUT2D eigenvalue weighted by atomic mass is 10.1. The smallest absolute Gasteiger partial charge is 0.229 e. The predicted molar refractivity (Wildman–Crippen MR) is 94.6 cm³/mol. The van der Waals surface area contributed by atoms with E-state index in [0.717, 1.165) is 24.6 Å². The quantitative estimate of drug-likeness (QED) is 0.807. The first-order valence-electron chi connectivity index (χ1n) is 8.31. The van der Waals surface area contributed by atoms with Gasteiger partial charge in [-0.3, -0.25) is 4.99 Å². The van der Waals surface area contributed by atoms with Crippen molar-refractivity contribution in [3.8, 4) is 0 Å². The van der Waals surface area contributed by atoms with Gasteiger partial charge >= 0.3 is 0 Å². The lowest BCUT2D eigenvalue weighted by Gasteiger charge is -2.46. The Morgan fingerprint density at radius 2 is 1.91 bits per heavy atom. The van der Waals surface area contributed by atoms with Crippen molar-refractivity contribution >= 4 is 14.5 Å². The highest BCUT2D eigenvalue weighted by Crippen LogP contribution is 2.39. The van der Waals surface area contributed by atoms with Gasteiger partial charge in [0.15, 0.2) is 5.82 Å². The topological polar surface area (TPSA) is 54.1 Å². The molecule has 0 radical (unpaired) electrons. The van der Waals surface area contributed by atoms with Crippen LogP contribution in [0.3, 0.4) is 0 Å². The Morgan fingerprint density at radius 1 is 1.32 bits per heavy atom. The first-order chi connectivity index (χ1) is 10.0. The molecule has 2 N–H and O–H groups in total. The van der Waals surface area contributed by atoms with E-state index in [1.54, 1.807) is 0 Å². The minimum Gasteiger partial charge on any atom is -0.382 e. The molecular weight excluding hydrogens is 292 g/mol. The second-order valence-electron chi connectivity index (χ2n) is 8.22. The maximum Gasteiger partial charge on any atom is 0.229 e. The summed E-state index contributed by atoms with van der Waals surface area (Å²) in [6.07, 6.45) is 3.12. The molecule has 0 spiro atoms. The van der Waals surface area contributed by atoms with Gasteiger partial charge in [-0.05, 0) is 30.5 Å². The molecule has 1 fully saturated rings. The molecule has 6 heteroatoms. The van der Waals surface area contributed by atoms with E-state index in [1.807, 2.05) is 11.3 Å². The van der Waals surface area contributed by atoms with Gasteiger partial charge < -0.3 is 15.2 Å². The summed E-state index contributed by atoms with van der Waals surface area (Å²) in [5.41, 5.74) is 7.50. The molecule has 2 aliphatic rings. The van der Waals surface area contributed by atoms with Crippen LogP contribution in [0.2, 0.25) is 18.1 Å². The summed E-state index contributed by atoms with van der Waals surface area (Å²) >= 11 is 0. The third kappa shape index (κ3) is 3.17. The zero-order valence-electron chi connectivity index (χ0n) is 15.2. The van der Waals surface area contributed by atoms with Gasteiger partial charge in [-0.25, -0.2) is 5.06 Å². The van der Waals surface area contributed by atoms with E-state index in [0.29, 0.717) is 5.92 Å². The molecule has 1 atom stereocenters. The molecule has 1 saturated heterocycles. The molecule has 126 valence electrons. The standard InChI is InChI=1S/C16H32N4OSi/c1-12(2)15-18-11-13(19-9-8-10-19)14(17)20(15)21-22(6,7)16(3,4)5/h11-12,15H,8-10,17H2,1-7H3. The van der Waals surface area contributed by atoms with Crippen molar-refractivity contribution in [3.63, 3.8) is 0 Å². The van der Waals surface area contributed by atoms with Crippen molar-refractivity contribution in [2.24, 2.45) is 16.6 Å². The van der Waals surface area contributed by atoms with E-state index in [-0.39, 0.29) is 11.2 Å². The van der Waals surface area contributed by atoms with Gasteiger partial charge in [0.1, 0.15) is 6.17 Å². The minimum atomic E-state index is -1.96. The zero-order chi connectivity index (χ0) is 16.7. The molecule has 0 bridgehead atoms. The third-order valence-electron chi connectivity index (χ3n) is 5.02. The van der Waals surface area contributed by atoms with Gasteiger partial charge in [0.2, 0.25) is 8.32 Å². The van der Waals surface area contributed by atoms with Crippen LogP contribution < -0.4 is 5.73 Å². The van der Waals surface area contributed by atoms with Crippen molar-refractivity contribution in [1.82, 2.24) is 9.96 Å². The summed E-state index contributed by atoms with van der Waals surface area (Å²) < 4.78 is 6.53. The fourth-order valence-electron chi connectivity index (χ4n) is 2.26. The second kappa shape index (κ2) is 5.89. The molecule has 2 heterocycles. The van der Waals surface area contributed by atoms with Crippen LogP contribution in [0.1, 0.15) is 41.0 Å². The van der Waals surface area contributed by atoms with Crippen molar-refractivity contribution in [2.45, 2.75) is 65.3 Å². The van der Waals surface area contributed by atoms with Crippen molar-refractivity contribution < 1.29 is 4.53 Å². The second-order valence-corrected chi connectivity index (χ2v) is 12.9. The zero-order valence-corrected chi connectivity index (χ0v) is 16.2. The largest absolute Gasteiger partial charge is 0.382 e. The number of likely N-dealkylation sites (tertiary alicyclic amines) is 1. The average molecular weight is 325 g/mol. The highest BCUT2D eigenvalue weighted by molar-refractivity contribution is 6.74. The Hall–Kier alpha value is -1.01. The summed E-state index contributed by atoms with van der Waals surface area (Å²) in [5.74, 6) is 1.07. The Labute approximate surface area is 136 Å². The van der Waals surface area contributed by atoms with E-state index in [1.165, 1.54) is 6.42 Å². The van der Waals surface area contributed by atoms with Gasteiger partial charge in [0.25, 0.3) is 0 Å². The Balaban J connectivity index is 2.30. The summed E-state index contributed by atoms with van der Waals surface area (Å²) in [4.78, 5) is 7.01. The lowest BCUT2D eigenvalue weighted by molar-refractivity contribution is -0.0919. The molecule has 0 saturated carbocycles. The van der Waals surface area contributed by atoms with E-state index in [2.05, 4.69) is 52.6 Å². The van der Waals surface area contributed by atoms with E-state index in [9.17, 15) is 0 Å². The summed E-state index contributed by atoms with van der Waals surface area (Å²) in [6, 6.07) is 0. The number of allylic oxidation sites excluding steroid dienone is 1. The fraction of sp³-hybridized carbons (Fsp3) is 0.812. The van der Waals surface area contributed by atoms with Crippen LogP contribution in [0.4, 0.5) is 0 Å². The molecule has 22 heavy (non-hydrogen) atoms. The number of nitrogens with two attached hydrogens (primary N) is 1. The lowest BCUT2D eigenvalue weighted by Crippen LogP contribution is -2.54. The van der Waals surface area contributed by atoms with Gasteiger partial charge in [0.05, 0.1) is 11.9 Å². The number of hydroxylamine groups is 2.